The largest absolute Gasteiger partial charge is 0.309 e. The number of benzene rings is 1. The summed E-state index contributed by atoms with van der Waals surface area (Å²) in [7, 11) is 4.21. The molecule has 0 aliphatic rings. The van der Waals surface area contributed by atoms with E-state index in [4.69, 9.17) is 0 Å². The standard InChI is InChI=1S/C7H8.C6H15N/c1-7-5-3-2-4-6-7;1-4-5-6-7(2)3/h2-6H,1H3;4-6H2,1-3H3. The van der Waals surface area contributed by atoms with Gasteiger partial charge in [0, 0.05) is 0 Å². The minimum atomic E-state index is 1.23. The van der Waals surface area contributed by atoms with Crippen molar-refractivity contribution >= 4 is 0 Å². The summed E-state index contributed by atoms with van der Waals surface area (Å²) in [6.07, 6.45) is 2.63. The van der Waals surface area contributed by atoms with E-state index in [1.54, 1.807) is 0 Å². The highest BCUT2D eigenvalue weighted by Gasteiger charge is 1.83. The topological polar surface area (TPSA) is 3.24 Å². The highest BCUT2D eigenvalue weighted by atomic mass is 15.0. The Balaban J connectivity index is 0.000000241. The van der Waals surface area contributed by atoms with E-state index in [1.807, 2.05) is 18.2 Å². The molecule has 1 heteroatoms. The number of nitrogens with zero attached hydrogens (tertiary/aromatic N) is 1. The lowest BCUT2D eigenvalue weighted by Gasteiger charge is -2.05. The van der Waals surface area contributed by atoms with Crippen molar-refractivity contribution < 1.29 is 0 Å². The van der Waals surface area contributed by atoms with E-state index in [0.717, 1.165) is 0 Å². The SMILES string of the molecule is CCCCN(C)C.Cc1ccccc1. The first-order valence-electron chi connectivity index (χ1n) is 5.33. The molecule has 0 amide bonds. The van der Waals surface area contributed by atoms with E-state index >= 15 is 0 Å². The van der Waals surface area contributed by atoms with Gasteiger partial charge in [-0.05, 0) is 34.0 Å². The van der Waals surface area contributed by atoms with Crippen molar-refractivity contribution in [2.75, 3.05) is 20.6 Å². The second-order valence-electron chi connectivity index (χ2n) is 3.81. The zero-order valence-corrected chi connectivity index (χ0v) is 9.96. The molecule has 1 aromatic rings. The fraction of sp³-hybridized carbons (Fsp3) is 0.538. The molecule has 0 saturated carbocycles. The number of unbranched alkanes of at least 4 members (excludes halogenated alkanes) is 1. The van der Waals surface area contributed by atoms with Gasteiger partial charge in [0.2, 0.25) is 0 Å². The van der Waals surface area contributed by atoms with Crippen molar-refractivity contribution in [2.24, 2.45) is 0 Å². The summed E-state index contributed by atoms with van der Waals surface area (Å²) in [5.74, 6) is 0. The van der Waals surface area contributed by atoms with Crippen LogP contribution in [-0.2, 0) is 0 Å². The molecule has 1 rings (SSSR count). The molecular formula is C13H23N. The minimum absolute atomic E-state index is 1.23. The molecule has 0 bridgehead atoms. The van der Waals surface area contributed by atoms with Crippen LogP contribution in [0.5, 0.6) is 0 Å². The van der Waals surface area contributed by atoms with Gasteiger partial charge < -0.3 is 4.90 Å². The normalized spacial score (nSPS) is 9.50. The van der Waals surface area contributed by atoms with Crippen molar-refractivity contribution in [3.8, 4) is 0 Å². The van der Waals surface area contributed by atoms with Crippen LogP contribution in [0.2, 0.25) is 0 Å². The van der Waals surface area contributed by atoms with Crippen molar-refractivity contribution in [1.29, 1.82) is 0 Å². The van der Waals surface area contributed by atoms with Crippen molar-refractivity contribution in [3.63, 3.8) is 0 Å². The van der Waals surface area contributed by atoms with E-state index < -0.39 is 0 Å². The van der Waals surface area contributed by atoms with Gasteiger partial charge in [-0.15, -0.1) is 0 Å². The summed E-state index contributed by atoms with van der Waals surface area (Å²) in [6, 6.07) is 10.3. The Morgan fingerprint density at radius 2 is 1.64 bits per heavy atom. The predicted octanol–water partition coefficient (Wildman–Crippen LogP) is 3.34. The van der Waals surface area contributed by atoms with Crippen LogP contribution < -0.4 is 0 Å². The molecule has 0 aliphatic carbocycles. The Morgan fingerprint density at radius 3 is 1.86 bits per heavy atom. The highest BCUT2D eigenvalue weighted by Crippen LogP contribution is 1.92. The number of hydrogen-bond acceptors (Lipinski definition) is 1. The molecule has 0 unspecified atom stereocenters. The average molecular weight is 193 g/mol. The van der Waals surface area contributed by atoms with Crippen LogP contribution in [0.15, 0.2) is 30.3 Å². The first kappa shape index (κ1) is 13.2. The van der Waals surface area contributed by atoms with Crippen LogP contribution in [0.1, 0.15) is 25.3 Å². The maximum absolute atomic E-state index is 2.21. The van der Waals surface area contributed by atoms with Crippen LogP contribution in [-0.4, -0.2) is 25.5 Å². The molecule has 0 N–H and O–H groups in total. The molecule has 0 aromatic heterocycles. The molecule has 0 spiro atoms. The quantitative estimate of drug-likeness (QED) is 0.711. The number of hydrogen-bond donors (Lipinski definition) is 0. The third-order valence-corrected chi connectivity index (χ3v) is 1.90. The maximum atomic E-state index is 2.21. The van der Waals surface area contributed by atoms with E-state index in [2.05, 4.69) is 45.0 Å². The monoisotopic (exact) mass is 193 g/mol. The lowest BCUT2D eigenvalue weighted by molar-refractivity contribution is 0.398. The lowest BCUT2D eigenvalue weighted by atomic mass is 10.2. The second-order valence-corrected chi connectivity index (χ2v) is 3.81. The van der Waals surface area contributed by atoms with Crippen LogP contribution in [0, 0.1) is 6.92 Å². The predicted molar refractivity (Wildman–Crippen MR) is 64.6 cm³/mol. The van der Waals surface area contributed by atoms with Gasteiger partial charge in [0.25, 0.3) is 0 Å². The Labute approximate surface area is 88.8 Å². The second kappa shape index (κ2) is 8.76. The first-order valence-corrected chi connectivity index (χ1v) is 5.33. The summed E-state index contributed by atoms with van der Waals surface area (Å²) in [5.41, 5.74) is 1.32. The molecule has 0 heterocycles. The van der Waals surface area contributed by atoms with Crippen LogP contribution in [0.4, 0.5) is 0 Å². The lowest BCUT2D eigenvalue weighted by Crippen LogP contribution is -2.12. The Morgan fingerprint density at radius 1 is 1.07 bits per heavy atom. The fourth-order valence-corrected chi connectivity index (χ4v) is 1.01. The van der Waals surface area contributed by atoms with Gasteiger partial charge in [-0.2, -0.15) is 0 Å². The van der Waals surface area contributed by atoms with E-state index in [9.17, 15) is 0 Å². The average Bonchev–Trinajstić information content (AvgIpc) is 2.17. The molecule has 0 aliphatic heterocycles. The Bertz CT molecular complexity index is 204. The van der Waals surface area contributed by atoms with E-state index in [0.29, 0.717) is 0 Å². The van der Waals surface area contributed by atoms with E-state index in [-0.39, 0.29) is 0 Å². The first-order chi connectivity index (χ1) is 6.66. The molecule has 80 valence electrons. The highest BCUT2D eigenvalue weighted by molar-refractivity contribution is 5.11. The number of aryl methyl sites for hydroxylation is 1. The van der Waals surface area contributed by atoms with Gasteiger partial charge in [0.1, 0.15) is 0 Å². The molecule has 0 atom stereocenters. The maximum Gasteiger partial charge on any atom is -0.00249 e. The third kappa shape index (κ3) is 9.27. The molecule has 1 nitrogen and oxygen atoms in total. The summed E-state index contributed by atoms with van der Waals surface area (Å²) >= 11 is 0. The van der Waals surface area contributed by atoms with Gasteiger partial charge in [0.05, 0.1) is 0 Å². The van der Waals surface area contributed by atoms with Gasteiger partial charge >= 0.3 is 0 Å². The van der Waals surface area contributed by atoms with Crippen molar-refractivity contribution in [1.82, 2.24) is 4.90 Å². The van der Waals surface area contributed by atoms with Crippen LogP contribution in [0.25, 0.3) is 0 Å². The van der Waals surface area contributed by atoms with Gasteiger partial charge in [-0.25, -0.2) is 0 Å². The molecular weight excluding hydrogens is 170 g/mol. The van der Waals surface area contributed by atoms with Crippen molar-refractivity contribution in [3.05, 3.63) is 35.9 Å². The zero-order chi connectivity index (χ0) is 10.8. The molecule has 0 saturated heterocycles. The number of rotatable bonds is 3. The minimum Gasteiger partial charge on any atom is -0.309 e. The van der Waals surface area contributed by atoms with E-state index in [1.165, 1.54) is 24.9 Å². The summed E-state index contributed by atoms with van der Waals surface area (Å²) < 4.78 is 0. The summed E-state index contributed by atoms with van der Waals surface area (Å²) in [6.45, 7) is 5.53. The Kier molecular flexibility index (Phi) is 8.25. The third-order valence-electron chi connectivity index (χ3n) is 1.90. The molecule has 14 heavy (non-hydrogen) atoms. The van der Waals surface area contributed by atoms with Gasteiger partial charge in [-0.3, -0.25) is 0 Å². The molecule has 0 radical (unpaired) electrons. The molecule has 1 aromatic carbocycles. The Hall–Kier alpha value is -0.820. The summed E-state index contributed by atoms with van der Waals surface area (Å²) in [4.78, 5) is 2.21. The zero-order valence-electron chi connectivity index (χ0n) is 9.96. The van der Waals surface area contributed by atoms with Gasteiger partial charge in [0.15, 0.2) is 0 Å². The van der Waals surface area contributed by atoms with Crippen LogP contribution in [0.3, 0.4) is 0 Å². The molecule has 0 fully saturated rings. The van der Waals surface area contributed by atoms with Gasteiger partial charge in [-0.1, -0.05) is 49.2 Å². The van der Waals surface area contributed by atoms with Crippen molar-refractivity contribution in [2.45, 2.75) is 26.7 Å². The van der Waals surface area contributed by atoms with Crippen LogP contribution >= 0.6 is 0 Å². The fourth-order valence-electron chi connectivity index (χ4n) is 1.01. The summed E-state index contributed by atoms with van der Waals surface area (Å²) in [5, 5.41) is 0. The smallest absolute Gasteiger partial charge is 0.00249 e.